The molecule has 1 amide bonds. The molecule has 31 heavy (non-hydrogen) atoms. The molecule has 0 saturated carbocycles. The third kappa shape index (κ3) is 6.15. The fourth-order valence-electron chi connectivity index (χ4n) is 3.96. The van der Waals surface area contributed by atoms with Crippen molar-refractivity contribution in [3.8, 4) is 0 Å². The molecule has 0 saturated heterocycles. The summed E-state index contributed by atoms with van der Waals surface area (Å²) in [5, 5.41) is 15.5. The fraction of sp³-hybridized carbons (Fsp3) is 0.375. The summed E-state index contributed by atoms with van der Waals surface area (Å²) in [6.07, 6.45) is 1.27. The van der Waals surface area contributed by atoms with Gasteiger partial charge in [-0.05, 0) is 49.3 Å². The molecule has 1 aliphatic heterocycles. The van der Waals surface area contributed by atoms with Gasteiger partial charge in [0, 0.05) is 5.69 Å². The van der Waals surface area contributed by atoms with E-state index in [1.807, 2.05) is 48.5 Å². The van der Waals surface area contributed by atoms with Crippen molar-refractivity contribution in [1.82, 2.24) is 5.32 Å². The summed E-state index contributed by atoms with van der Waals surface area (Å²) in [5.41, 5.74) is 2.62. The van der Waals surface area contributed by atoms with Crippen molar-refractivity contribution >= 4 is 23.5 Å². The second-order valence-electron chi connectivity index (χ2n) is 7.68. The number of carboxylic acid groups (broad SMARTS) is 1. The molecule has 7 heteroatoms. The zero-order valence-electron chi connectivity index (χ0n) is 17.5. The van der Waals surface area contributed by atoms with Crippen LogP contribution in [-0.4, -0.2) is 41.6 Å². The van der Waals surface area contributed by atoms with Crippen LogP contribution in [0.1, 0.15) is 30.9 Å². The van der Waals surface area contributed by atoms with E-state index in [9.17, 15) is 19.5 Å². The number of fused-ring (bicyclic) bond motifs is 1. The van der Waals surface area contributed by atoms with Crippen molar-refractivity contribution in [1.29, 1.82) is 0 Å². The molecule has 164 valence electrons. The van der Waals surface area contributed by atoms with Crippen LogP contribution < -0.4 is 10.6 Å². The van der Waals surface area contributed by atoms with Crippen LogP contribution in [0.2, 0.25) is 0 Å². The topological polar surface area (TPSA) is 105 Å². The zero-order chi connectivity index (χ0) is 22.2. The van der Waals surface area contributed by atoms with Crippen molar-refractivity contribution in [3.63, 3.8) is 0 Å². The van der Waals surface area contributed by atoms with Gasteiger partial charge in [-0.25, -0.2) is 0 Å². The first-order chi connectivity index (χ1) is 15.0. The van der Waals surface area contributed by atoms with Gasteiger partial charge >= 0.3 is 11.9 Å². The summed E-state index contributed by atoms with van der Waals surface area (Å²) in [5.74, 6) is -2.27. The van der Waals surface area contributed by atoms with E-state index in [2.05, 4.69) is 10.6 Å². The number of carboxylic acids is 1. The van der Waals surface area contributed by atoms with E-state index in [0.717, 1.165) is 11.1 Å². The number of amides is 1. The largest absolute Gasteiger partial charge is 0.481 e. The molecule has 0 aromatic heterocycles. The molecule has 3 N–H and O–H groups in total. The molecular formula is C24H28N2O5. The van der Waals surface area contributed by atoms with Gasteiger partial charge in [-0.1, -0.05) is 48.5 Å². The standard InChI is InChI=1S/C24H28N2O5/c1-2-31-24(30)20(13-12-16-8-4-3-5-9-16)25-22-18(15-21(27)28)14-17-10-6-7-11-19(17)26-23(22)29/h3-11,18,20,22,25H,2,12-15H2,1H3,(H,26,29)(H,27,28)/t18?,20-,22-/m0/s1. The Hall–Kier alpha value is -3.19. The predicted molar refractivity (Wildman–Crippen MR) is 117 cm³/mol. The number of para-hydroxylation sites is 1. The first-order valence-corrected chi connectivity index (χ1v) is 10.5. The number of hydrogen-bond donors (Lipinski definition) is 3. The number of hydrogen-bond acceptors (Lipinski definition) is 5. The number of nitrogens with one attached hydrogen (secondary N) is 2. The van der Waals surface area contributed by atoms with E-state index < -0.39 is 29.9 Å². The molecule has 1 unspecified atom stereocenters. The van der Waals surface area contributed by atoms with Gasteiger partial charge in [0.1, 0.15) is 6.04 Å². The fourth-order valence-corrected chi connectivity index (χ4v) is 3.96. The van der Waals surface area contributed by atoms with Crippen molar-refractivity contribution in [3.05, 3.63) is 65.7 Å². The molecule has 2 aromatic carbocycles. The second-order valence-corrected chi connectivity index (χ2v) is 7.68. The third-order valence-electron chi connectivity index (χ3n) is 5.46. The number of esters is 1. The first kappa shape index (κ1) is 22.5. The summed E-state index contributed by atoms with van der Waals surface area (Å²) < 4.78 is 5.23. The molecule has 3 atom stereocenters. The number of ether oxygens (including phenoxy) is 1. The maximum Gasteiger partial charge on any atom is 0.323 e. The number of aryl methyl sites for hydroxylation is 1. The molecule has 1 aliphatic rings. The van der Waals surface area contributed by atoms with Gasteiger partial charge in [-0.15, -0.1) is 0 Å². The highest BCUT2D eigenvalue weighted by Gasteiger charge is 2.36. The van der Waals surface area contributed by atoms with Crippen LogP contribution in [0, 0.1) is 5.92 Å². The van der Waals surface area contributed by atoms with Crippen LogP contribution in [0.25, 0.3) is 0 Å². The lowest BCUT2D eigenvalue weighted by Crippen LogP contribution is -2.53. The van der Waals surface area contributed by atoms with E-state index in [1.54, 1.807) is 13.0 Å². The third-order valence-corrected chi connectivity index (χ3v) is 5.46. The van der Waals surface area contributed by atoms with Gasteiger partial charge in [-0.2, -0.15) is 0 Å². The van der Waals surface area contributed by atoms with Crippen LogP contribution >= 0.6 is 0 Å². The van der Waals surface area contributed by atoms with E-state index in [0.29, 0.717) is 24.9 Å². The molecule has 0 radical (unpaired) electrons. The van der Waals surface area contributed by atoms with Gasteiger partial charge in [0.05, 0.1) is 19.1 Å². The van der Waals surface area contributed by atoms with Crippen LogP contribution in [0.3, 0.4) is 0 Å². The minimum Gasteiger partial charge on any atom is -0.481 e. The van der Waals surface area contributed by atoms with Crippen molar-refractivity contribution in [2.24, 2.45) is 5.92 Å². The summed E-state index contributed by atoms with van der Waals surface area (Å²) in [6.45, 7) is 1.96. The lowest BCUT2D eigenvalue weighted by atomic mass is 9.89. The molecule has 1 heterocycles. The minimum atomic E-state index is -0.985. The summed E-state index contributed by atoms with van der Waals surface area (Å²) in [7, 11) is 0. The molecule has 2 aromatic rings. The van der Waals surface area contributed by atoms with Crippen molar-refractivity contribution in [2.75, 3.05) is 11.9 Å². The predicted octanol–water partition coefficient (Wildman–Crippen LogP) is 2.79. The lowest BCUT2D eigenvalue weighted by molar-refractivity contribution is -0.146. The summed E-state index contributed by atoms with van der Waals surface area (Å²) in [4.78, 5) is 37.2. The highest BCUT2D eigenvalue weighted by molar-refractivity contribution is 5.97. The number of aliphatic carboxylic acids is 1. The monoisotopic (exact) mass is 424 g/mol. The number of rotatable bonds is 9. The van der Waals surface area contributed by atoms with Gasteiger partial charge < -0.3 is 15.2 Å². The van der Waals surface area contributed by atoms with Gasteiger partial charge in [-0.3, -0.25) is 19.7 Å². The van der Waals surface area contributed by atoms with Crippen LogP contribution in [-0.2, 0) is 32.0 Å². The first-order valence-electron chi connectivity index (χ1n) is 10.5. The van der Waals surface area contributed by atoms with Gasteiger partial charge in [0.2, 0.25) is 5.91 Å². The Labute approximate surface area is 181 Å². The molecule has 7 nitrogen and oxygen atoms in total. The Bertz CT molecular complexity index is 915. The maximum atomic E-state index is 13.0. The van der Waals surface area contributed by atoms with Gasteiger partial charge in [0.15, 0.2) is 0 Å². The molecular weight excluding hydrogens is 396 g/mol. The summed E-state index contributed by atoms with van der Waals surface area (Å²) in [6, 6.07) is 15.5. The molecule has 0 aliphatic carbocycles. The maximum absolute atomic E-state index is 13.0. The van der Waals surface area contributed by atoms with Crippen LogP contribution in [0.4, 0.5) is 5.69 Å². The van der Waals surface area contributed by atoms with Crippen molar-refractivity contribution < 1.29 is 24.2 Å². The molecule has 0 bridgehead atoms. The average Bonchev–Trinajstić information content (AvgIpc) is 2.87. The van der Waals surface area contributed by atoms with E-state index in [4.69, 9.17) is 4.74 Å². The Balaban J connectivity index is 1.82. The highest BCUT2D eigenvalue weighted by Crippen LogP contribution is 2.28. The second kappa shape index (κ2) is 10.7. The SMILES string of the molecule is CCOC(=O)[C@H](CCc1ccccc1)N[C@@H]1C(=O)Nc2ccccc2CC1CC(=O)O. The molecule has 0 fully saturated rings. The van der Waals surface area contributed by atoms with Crippen molar-refractivity contribution in [2.45, 2.75) is 44.7 Å². The van der Waals surface area contributed by atoms with Gasteiger partial charge in [0.25, 0.3) is 0 Å². The number of anilines is 1. The summed E-state index contributed by atoms with van der Waals surface area (Å²) >= 11 is 0. The Morgan fingerprint density at radius 2 is 1.87 bits per heavy atom. The van der Waals surface area contributed by atoms with E-state index >= 15 is 0 Å². The van der Waals surface area contributed by atoms with Crippen LogP contribution in [0.5, 0.6) is 0 Å². The van der Waals surface area contributed by atoms with Crippen LogP contribution in [0.15, 0.2) is 54.6 Å². The average molecular weight is 424 g/mol. The smallest absolute Gasteiger partial charge is 0.323 e. The highest BCUT2D eigenvalue weighted by atomic mass is 16.5. The lowest BCUT2D eigenvalue weighted by Gasteiger charge is -2.28. The Kier molecular flexibility index (Phi) is 7.78. The molecule has 0 spiro atoms. The number of carbonyl (C=O) groups is 3. The van der Waals surface area contributed by atoms with E-state index in [-0.39, 0.29) is 18.9 Å². The normalized spacial score (nSPS) is 18.9. The van der Waals surface area contributed by atoms with E-state index in [1.165, 1.54) is 0 Å². The zero-order valence-corrected chi connectivity index (χ0v) is 17.5. The quantitative estimate of drug-likeness (QED) is 0.535. The molecule has 3 rings (SSSR count). The Morgan fingerprint density at radius 3 is 2.58 bits per heavy atom. The Morgan fingerprint density at radius 1 is 1.16 bits per heavy atom. The minimum absolute atomic E-state index is 0.187. The number of benzene rings is 2. The number of carbonyl (C=O) groups excluding carboxylic acids is 2.